The quantitative estimate of drug-likeness (QED) is 0.0410. The van der Waals surface area contributed by atoms with Gasteiger partial charge in [-0.25, -0.2) is 9.59 Å². The summed E-state index contributed by atoms with van der Waals surface area (Å²) in [7, 11) is 5.87. The third-order valence-corrected chi connectivity index (χ3v) is 18.7. The van der Waals surface area contributed by atoms with Crippen molar-refractivity contribution in [3.63, 3.8) is 0 Å². The van der Waals surface area contributed by atoms with Crippen molar-refractivity contribution < 1.29 is 107 Å². The van der Waals surface area contributed by atoms with Gasteiger partial charge in [-0.1, -0.05) is 111 Å². The third-order valence-electron chi connectivity index (χ3n) is 18.7. The lowest BCUT2D eigenvalue weighted by molar-refractivity contribution is -0.307. The van der Waals surface area contributed by atoms with Crippen molar-refractivity contribution in [2.75, 3.05) is 59.9 Å². The second kappa shape index (κ2) is 39.2. The van der Waals surface area contributed by atoms with E-state index in [2.05, 4.69) is 31.9 Å². The van der Waals surface area contributed by atoms with Crippen LogP contribution in [0.2, 0.25) is 0 Å². The lowest BCUT2D eigenvalue weighted by Gasteiger charge is -2.41. The number of aliphatic hydroxyl groups excluding tert-OH is 4. The number of imide groups is 1. The maximum absolute atomic E-state index is 14.9. The standard InChI is InChI=1S/C70H104N10O22/c1-15-39(8)56(47(98-13)32-52(86)79-31-19-22-46(79)60(99-14)40(9)63(90)72-41(10)61(43-20-17-16-18-21-43)101-69-59(89)57(87)58(88)62(102-69)68(95)96)77(11)67(94)54(37(4)5)76-66(93)55(38(6)7)78(12)70(97)100-35-42-23-25-44(26-24-42)73-64(91)45(34-81)74-65(92)53(36(2)3)75-48(82)29-30-71-49(83)33-80-50(84)27-28-51(80)85/h16-18,20-21,23-28,36-41,45-47,53-62,69,81,87-89H,15,19,22,29-35H2,1-14H3,(H,71,83)(H,72,90)(H,73,91)(H,74,92)(H,75,82)(H,76,93)(H,95,96)/t39-,40+,41+,45-,46-,47+,53-,54-,55-,56-,57-,58-,59+,60+,61+,62-,69+/m0/s1. The molecule has 0 saturated carbocycles. The highest BCUT2D eigenvalue weighted by Crippen LogP contribution is 2.33. The summed E-state index contributed by atoms with van der Waals surface area (Å²) in [5.74, 6) is -10.3. The normalized spacial score (nSPS) is 21.5. The SMILES string of the molecule is CC[C@H](C)[C@@H]([C@@H](CC(=O)N1CCC[C@H]1[C@H](OC)[C@@H](C)C(=O)N[C@H](C)[C@@H](O[C@@H]1O[C@H](C(=O)O)[C@@H](O)[C@H](O)[C@H]1O)c1ccccc1)OC)N(C)C(=O)[C@@H](NC(=O)[C@H](C(C)C)N(C)C(=O)OCc1ccc(NC(=O)[C@H](CO)NC(=O)[C@@H](NC(=O)CCNC(=O)CN2C(=O)C=CC2=O)C(C)C)cc1)C(C)C. The number of carboxylic acid groups (broad SMARTS) is 1. The summed E-state index contributed by atoms with van der Waals surface area (Å²) in [6.45, 7) is 15.9. The third kappa shape index (κ3) is 22.3. The smallest absolute Gasteiger partial charge is 0.410 e. The molecule has 3 aliphatic rings. The maximum Gasteiger partial charge on any atom is 0.410 e. The largest absolute Gasteiger partial charge is 0.479 e. The molecule has 11 amide bonds. The number of aliphatic carboxylic acids is 1. The van der Waals surface area contributed by atoms with Crippen molar-refractivity contribution in [3.8, 4) is 0 Å². The van der Waals surface area contributed by atoms with E-state index in [-0.39, 0.29) is 43.5 Å². The molecule has 0 aliphatic carbocycles. The lowest BCUT2D eigenvalue weighted by atomic mass is 9.89. The summed E-state index contributed by atoms with van der Waals surface area (Å²) in [6, 6.07) is 7.55. The fourth-order valence-corrected chi connectivity index (χ4v) is 12.7. The average molecular weight is 1440 g/mol. The van der Waals surface area contributed by atoms with E-state index in [1.165, 1.54) is 38.3 Å². The van der Waals surface area contributed by atoms with Crippen LogP contribution in [0.15, 0.2) is 66.7 Å². The molecule has 17 atom stereocenters. The summed E-state index contributed by atoms with van der Waals surface area (Å²) < 4.78 is 29.3. The van der Waals surface area contributed by atoms with E-state index in [1.807, 2.05) is 13.8 Å². The van der Waals surface area contributed by atoms with Gasteiger partial charge in [0.05, 0.1) is 49.3 Å². The van der Waals surface area contributed by atoms with Crippen LogP contribution in [0.25, 0.3) is 0 Å². The first-order valence-corrected chi connectivity index (χ1v) is 34.3. The molecule has 2 saturated heterocycles. The summed E-state index contributed by atoms with van der Waals surface area (Å²) in [5, 5.41) is 67.3. The number of carbonyl (C=O) groups excluding carboxylic acids is 11. The minimum Gasteiger partial charge on any atom is -0.479 e. The monoisotopic (exact) mass is 1440 g/mol. The first kappa shape index (κ1) is 84.2. The van der Waals surface area contributed by atoms with Crippen LogP contribution in [-0.2, 0) is 83.0 Å². The summed E-state index contributed by atoms with van der Waals surface area (Å²) in [5.41, 5.74) is 1.22. The molecule has 32 nitrogen and oxygen atoms in total. The molecule has 566 valence electrons. The number of likely N-dealkylation sites (N-methyl/N-ethyl adjacent to an activating group) is 2. The molecular formula is C70H104N10O22. The molecule has 0 spiro atoms. The summed E-state index contributed by atoms with van der Waals surface area (Å²) in [6.07, 6.45) is -9.84. The number of ether oxygens (including phenoxy) is 5. The maximum atomic E-state index is 14.9. The van der Waals surface area contributed by atoms with E-state index in [0.29, 0.717) is 36.9 Å². The van der Waals surface area contributed by atoms with Gasteiger partial charge in [-0.2, -0.15) is 0 Å². The predicted molar refractivity (Wildman–Crippen MR) is 366 cm³/mol. The van der Waals surface area contributed by atoms with Crippen molar-refractivity contribution in [2.45, 2.75) is 199 Å². The van der Waals surface area contributed by atoms with E-state index in [9.17, 15) is 83.1 Å². The zero-order valence-electron chi connectivity index (χ0n) is 60.4. The molecule has 102 heavy (non-hydrogen) atoms. The number of anilines is 1. The topological polar surface area (TPSA) is 437 Å². The van der Waals surface area contributed by atoms with Crippen LogP contribution >= 0.6 is 0 Å². The van der Waals surface area contributed by atoms with Crippen LogP contribution in [-0.4, -0.2) is 256 Å². The number of nitrogens with one attached hydrogen (secondary N) is 6. The Morgan fingerprint density at radius 1 is 0.706 bits per heavy atom. The van der Waals surface area contributed by atoms with Crippen molar-refractivity contribution in [1.29, 1.82) is 0 Å². The van der Waals surface area contributed by atoms with Crippen LogP contribution in [0.3, 0.4) is 0 Å². The Kier molecular flexibility index (Phi) is 32.4. The number of carboxylic acids is 1. The van der Waals surface area contributed by atoms with Crippen LogP contribution in [0.1, 0.15) is 119 Å². The fraction of sp³-hybridized carbons (Fsp3) is 0.629. The Morgan fingerprint density at radius 3 is 1.89 bits per heavy atom. The molecule has 11 N–H and O–H groups in total. The number of benzene rings is 2. The van der Waals surface area contributed by atoms with Crippen LogP contribution in [0, 0.1) is 29.6 Å². The molecule has 3 aliphatic heterocycles. The Morgan fingerprint density at radius 2 is 1.33 bits per heavy atom. The van der Waals surface area contributed by atoms with Gasteiger partial charge in [0.15, 0.2) is 12.4 Å². The number of carbonyl (C=O) groups is 12. The Labute approximate surface area is 594 Å². The highest BCUT2D eigenvalue weighted by atomic mass is 16.7. The molecule has 2 aromatic rings. The number of methoxy groups -OCH3 is 2. The number of likely N-dealkylation sites (tertiary alicyclic amines) is 1. The van der Waals surface area contributed by atoms with Crippen molar-refractivity contribution in [2.24, 2.45) is 29.6 Å². The predicted octanol–water partition coefficient (Wildman–Crippen LogP) is 0.483. The molecule has 0 unspecified atom stereocenters. The average Bonchev–Trinajstić information content (AvgIpc) is 1.10. The van der Waals surface area contributed by atoms with Gasteiger partial charge in [-0.3, -0.25) is 57.7 Å². The molecule has 0 aromatic heterocycles. The minimum absolute atomic E-state index is 0.177. The highest BCUT2D eigenvalue weighted by Gasteiger charge is 2.50. The van der Waals surface area contributed by atoms with Gasteiger partial charge in [-0.15, -0.1) is 0 Å². The van der Waals surface area contributed by atoms with Gasteiger partial charge in [0.25, 0.3) is 11.8 Å². The first-order valence-electron chi connectivity index (χ1n) is 34.3. The second-order valence-electron chi connectivity index (χ2n) is 27.1. The molecule has 0 bridgehead atoms. The molecule has 5 rings (SSSR count). The van der Waals surface area contributed by atoms with Crippen molar-refractivity contribution in [3.05, 3.63) is 77.9 Å². The first-order chi connectivity index (χ1) is 48.1. The van der Waals surface area contributed by atoms with Gasteiger partial charge >= 0.3 is 12.1 Å². The number of nitrogens with zero attached hydrogens (tertiary/aromatic N) is 4. The van der Waals surface area contributed by atoms with Gasteiger partial charge in [0.1, 0.15) is 61.7 Å². The summed E-state index contributed by atoms with van der Waals surface area (Å²) in [4.78, 5) is 164. The van der Waals surface area contributed by atoms with Crippen molar-refractivity contribution in [1.82, 2.24) is 46.2 Å². The van der Waals surface area contributed by atoms with E-state index >= 15 is 0 Å². The van der Waals surface area contributed by atoms with Crippen LogP contribution in [0.4, 0.5) is 10.5 Å². The molecular weight excluding hydrogens is 1330 g/mol. The van der Waals surface area contributed by atoms with Gasteiger partial charge in [-0.05, 0) is 66.7 Å². The Bertz CT molecular complexity index is 3230. The Hall–Kier alpha value is -8.50. The molecule has 32 heteroatoms. The van der Waals surface area contributed by atoms with Gasteiger partial charge in [0.2, 0.25) is 47.3 Å². The second-order valence-corrected chi connectivity index (χ2v) is 27.1. The molecule has 2 fully saturated rings. The molecule has 3 heterocycles. The lowest BCUT2D eigenvalue weighted by Crippen LogP contribution is -2.61. The number of hydrogen-bond donors (Lipinski definition) is 11. The molecule has 2 aromatic carbocycles. The van der Waals surface area contributed by atoms with Gasteiger partial charge in [0, 0.05) is 65.7 Å². The number of rotatable bonds is 37. The zero-order valence-corrected chi connectivity index (χ0v) is 60.4. The van der Waals surface area contributed by atoms with E-state index < -0.39 is 193 Å². The number of hydrogen-bond acceptors (Lipinski definition) is 21. The highest BCUT2D eigenvalue weighted by molar-refractivity contribution is 6.14. The fourth-order valence-electron chi connectivity index (χ4n) is 12.7. The Balaban J connectivity index is 1.17. The zero-order chi connectivity index (χ0) is 76.1. The van der Waals surface area contributed by atoms with Crippen LogP contribution < -0.4 is 31.9 Å². The van der Waals surface area contributed by atoms with Gasteiger partial charge < -0.3 is 90.9 Å². The number of amides is 11. The van der Waals surface area contributed by atoms with Crippen molar-refractivity contribution >= 4 is 76.8 Å². The number of aliphatic hydroxyl groups is 4. The molecule has 0 radical (unpaired) electrons. The minimum atomic E-state index is -1.95. The van der Waals surface area contributed by atoms with Crippen LogP contribution in [0.5, 0.6) is 0 Å². The van der Waals surface area contributed by atoms with E-state index in [0.717, 1.165) is 22.0 Å². The summed E-state index contributed by atoms with van der Waals surface area (Å²) >= 11 is 0. The van der Waals surface area contributed by atoms with E-state index in [1.54, 1.807) is 110 Å². The van der Waals surface area contributed by atoms with E-state index in [4.69, 9.17) is 23.7 Å².